The molecule has 1 N–H and O–H groups in total. The first-order chi connectivity index (χ1) is 12.2. The minimum Gasteiger partial charge on any atom is -0.494 e. The van der Waals surface area contributed by atoms with Crippen molar-refractivity contribution in [3.63, 3.8) is 0 Å². The zero-order valence-corrected chi connectivity index (χ0v) is 14.8. The fourth-order valence-electron chi connectivity index (χ4n) is 3.12. The molecule has 0 aliphatic carbocycles. The molecule has 25 heavy (non-hydrogen) atoms. The Bertz CT molecular complexity index is 674. The lowest BCUT2D eigenvalue weighted by Crippen LogP contribution is -2.24. The third kappa shape index (κ3) is 4.99. The van der Waals surface area contributed by atoms with Crippen molar-refractivity contribution < 1.29 is 9.53 Å². The molecule has 1 saturated heterocycles. The summed E-state index contributed by atoms with van der Waals surface area (Å²) in [6.45, 7) is 5.47. The van der Waals surface area contributed by atoms with Gasteiger partial charge in [-0.3, -0.25) is 4.79 Å². The summed E-state index contributed by atoms with van der Waals surface area (Å²) in [7, 11) is 0. The molecule has 0 bridgehead atoms. The molecule has 1 fully saturated rings. The second kappa shape index (κ2) is 8.56. The Hall–Kier alpha value is -2.49. The summed E-state index contributed by atoms with van der Waals surface area (Å²) in [4.78, 5) is 14.5. The van der Waals surface area contributed by atoms with E-state index in [4.69, 9.17) is 4.74 Å². The molecule has 2 aromatic rings. The van der Waals surface area contributed by atoms with Crippen molar-refractivity contribution in [1.29, 1.82) is 0 Å². The van der Waals surface area contributed by atoms with Crippen LogP contribution in [0.25, 0.3) is 0 Å². The highest BCUT2D eigenvalue weighted by Crippen LogP contribution is 2.20. The summed E-state index contributed by atoms with van der Waals surface area (Å²) >= 11 is 0. The van der Waals surface area contributed by atoms with Gasteiger partial charge in [-0.15, -0.1) is 0 Å². The Kier molecular flexibility index (Phi) is 5.94. The van der Waals surface area contributed by atoms with E-state index in [1.54, 1.807) is 0 Å². The molecule has 1 aliphatic rings. The summed E-state index contributed by atoms with van der Waals surface area (Å²) in [5.41, 5.74) is 3.40. The second-order valence-electron chi connectivity index (χ2n) is 6.39. The maximum atomic E-state index is 12.1. The Morgan fingerprint density at radius 2 is 1.64 bits per heavy atom. The smallest absolute Gasteiger partial charge is 0.224 e. The molecular weight excluding hydrogens is 312 g/mol. The van der Waals surface area contributed by atoms with Gasteiger partial charge in [-0.1, -0.05) is 24.3 Å². The molecule has 3 rings (SSSR count). The second-order valence-corrected chi connectivity index (χ2v) is 6.39. The monoisotopic (exact) mass is 338 g/mol. The molecule has 132 valence electrons. The van der Waals surface area contributed by atoms with Crippen LogP contribution in [0.2, 0.25) is 0 Å². The highest BCUT2D eigenvalue weighted by atomic mass is 16.5. The van der Waals surface area contributed by atoms with Crippen molar-refractivity contribution in [3.05, 3.63) is 59.7 Å². The van der Waals surface area contributed by atoms with Gasteiger partial charge in [-0.05, 0) is 55.2 Å². The van der Waals surface area contributed by atoms with Crippen LogP contribution in [0.3, 0.4) is 0 Å². The maximum absolute atomic E-state index is 12.1. The first kappa shape index (κ1) is 17.3. The Labute approximate surface area is 149 Å². The minimum absolute atomic E-state index is 0.0350. The van der Waals surface area contributed by atoms with E-state index in [0.29, 0.717) is 19.6 Å². The molecule has 0 atom stereocenters. The third-order valence-corrected chi connectivity index (χ3v) is 4.50. The van der Waals surface area contributed by atoms with Crippen molar-refractivity contribution in [3.8, 4) is 5.75 Å². The molecule has 1 amide bonds. The van der Waals surface area contributed by atoms with Crippen LogP contribution in [0, 0.1) is 0 Å². The van der Waals surface area contributed by atoms with Crippen molar-refractivity contribution in [2.45, 2.75) is 32.7 Å². The van der Waals surface area contributed by atoms with Crippen LogP contribution in [0.1, 0.15) is 30.9 Å². The van der Waals surface area contributed by atoms with Gasteiger partial charge in [-0.25, -0.2) is 0 Å². The van der Waals surface area contributed by atoms with E-state index in [9.17, 15) is 4.79 Å². The largest absolute Gasteiger partial charge is 0.494 e. The summed E-state index contributed by atoms with van der Waals surface area (Å²) in [6, 6.07) is 16.2. The number of nitrogens with one attached hydrogen (secondary N) is 1. The Morgan fingerprint density at radius 3 is 2.28 bits per heavy atom. The van der Waals surface area contributed by atoms with E-state index >= 15 is 0 Å². The molecule has 2 aromatic carbocycles. The number of ether oxygens (including phenoxy) is 1. The lowest BCUT2D eigenvalue weighted by molar-refractivity contribution is -0.120. The molecule has 4 nitrogen and oxygen atoms in total. The fourth-order valence-corrected chi connectivity index (χ4v) is 3.12. The van der Waals surface area contributed by atoms with Gasteiger partial charge in [-0.2, -0.15) is 0 Å². The minimum atomic E-state index is 0.0350. The molecule has 0 unspecified atom stereocenters. The van der Waals surface area contributed by atoms with Crippen LogP contribution in [0.15, 0.2) is 48.5 Å². The van der Waals surface area contributed by atoms with Crippen LogP contribution in [-0.2, 0) is 17.8 Å². The number of anilines is 1. The van der Waals surface area contributed by atoms with Crippen LogP contribution >= 0.6 is 0 Å². The van der Waals surface area contributed by atoms with Crippen molar-refractivity contribution in [2.24, 2.45) is 0 Å². The number of rotatable bonds is 7. The lowest BCUT2D eigenvalue weighted by atomic mass is 10.1. The SMILES string of the molecule is CCOc1ccc(CC(=O)NCc2ccc(N3CCCC3)cc2)cc1. The molecule has 0 radical (unpaired) electrons. The van der Waals surface area contributed by atoms with E-state index in [1.807, 2.05) is 31.2 Å². The van der Waals surface area contributed by atoms with E-state index in [1.165, 1.54) is 18.5 Å². The molecule has 0 spiro atoms. The maximum Gasteiger partial charge on any atom is 0.224 e. The average molecular weight is 338 g/mol. The lowest BCUT2D eigenvalue weighted by Gasteiger charge is -2.17. The van der Waals surface area contributed by atoms with E-state index < -0.39 is 0 Å². The van der Waals surface area contributed by atoms with Crippen molar-refractivity contribution in [1.82, 2.24) is 5.32 Å². The number of benzene rings is 2. The van der Waals surface area contributed by atoms with Crippen LogP contribution in [0.4, 0.5) is 5.69 Å². The zero-order chi connectivity index (χ0) is 17.5. The Morgan fingerprint density at radius 1 is 1.00 bits per heavy atom. The van der Waals surface area contributed by atoms with Crippen LogP contribution in [0.5, 0.6) is 5.75 Å². The highest BCUT2D eigenvalue weighted by Gasteiger charge is 2.11. The van der Waals surface area contributed by atoms with Crippen LogP contribution < -0.4 is 15.0 Å². The molecule has 1 aliphatic heterocycles. The first-order valence-electron chi connectivity index (χ1n) is 9.07. The molecule has 1 heterocycles. The number of hydrogen-bond donors (Lipinski definition) is 1. The standard InChI is InChI=1S/C21H26N2O2/c1-2-25-20-11-7-17(8-12-20)15-21(24)22-16-18-5-9-19(10-6-18)23-13-3-4-14-23/h5-12H,2-4,13-16H2,1H3,(H,22,24). The first-order valence-corrected chi connectivity index (χ1v) is 9.07. The van der Waals surface area contributed by atoms with Crippen molar-refractivity contribution in [2.75, 3.05) is 24.6 Å². The van der Waals surface area contributed by atoms with Gasteiger partial charge in [0, 0.05) is 25.3 Å². The predicted octanol–water partition coefficient (Wildman–Crippen LogP) is 3.54. The van der Waals surface area contributed by atoms with Gasteiger partial charge < -0.3 is 15.0 Å². The van der Waals surface area contributed by atoms with Crippen molar-refractivity contribution >= 4 is 11.6 Å². The number of carbonyl (C=O) groups excluding carboxylic acids is 1. The van der Waals surface area contributed by atoms with E-state index in [2.05, 4.69) is 34.5 Å². The van der Waals surface area contributed by atoms with Gasteiger partial charge in [0.15, 0.2) is 0 Å². The van der Waals surface area contributed by atoms with Gasteiger partial charge >= 0.3 is 0 Å². The fraction of sp³-hybridized carbons (Fsp3) is 0.381. The number of hydrogen-bond acceptors (Lipinski definition) is 3. The van der Waals surface area contributed by atoms with Gasteiger partial charge in [0.25, 0.3) is 0 Å². The van der Waals surface area contributed by atoms with E-state index in [-0.39, 0.29) is 5.91 Å². The zero-order valence-electron chi connectivity index (χ0n) is 14.8. The van der Waals surface area contributed by atoms with Gasteiger partial charge in [0.2, 0.25) is 5.91 Å². The normalized spacial score (nSPS) is 13.7. The summed E-state index contributed by atoms with van der Waals surface area (Å²) in [5.74, 6) is 0.873. The van der Waals surface area contributed by atoms with Crippen LogP contribution in [-0.4, -0.2) is 25.6 Å². The number of carbonyl (C=O) groups is 1. The van der Waals surface area contributed by atoms with Gasteiger partial charge in [0.05, 0.1) is 13.0 Å². The topological polar surface area (TPSA) is 41.6 Å². The molecular formula is C21H26N2O2. The number of amides is 1. The van der Waals surface area contributed by atoms with Gasteiger partial charge in [0.1, 0.15) is 5.75 Å². The molecule has 4 heteroatoms. The average Bonchev–Trinajstić information content (AvgIpc) is 3.17. The molecule has 0 saturated carbocycles. The summed E-state index contributed by atoms with van der Waals surface area (Å²) in [6.07, 6.45) is 2.95. The quantitative estimate of drug-likeness (QED) is 0.839. The third-order valence-electron chi connectivity index (χ3n) is 4.50. The molecule has 0 aromatic heterocycles. The predicted molar refractivity (Wildman–Crippen MR) is 101 cm³/mol. The van der Waals surface area contributed by atoms with E-state index in [0.717, 1.165) is 30.0 Å². The highest BCUT2D eigenvalue weighted by molar-refractivity contribution is 5.78. The summed E-state index contributed by atoms with van der Waals surface area (Å²) in [5, 5.41) is 2.99. The summed E-state index contributed by atoms with van der Waals surface area (Å²) < 4.78 is 5.41. The number of nitrogens with zero attached hydrogens (tertiary/aromatic N) is 1. The Balaban J connectivity index is 1.46.